The molecule has 1 fully saturated rings. The summed E-state index contributed by atoms with van der Waals surface area (Å²) in [6, 6.07) is 0. The van der Waals surface area contributed by atoms with Crippen LogP contribution >= 0.6 is 0 Å². The molecule has 1 aliphatic rings. The second-order valence-electron chi connectivity index (χ2n) is 4.02. The van der Waals surface area contributed by atoms with Crippen LogP contribution in [0, 0.1) is 5.92 Å². The second kappa shape index (κ2) is 5.05. The average molecular weight is 181 g/mol. The minimum atomic E-state index is 0.310. The highest BCUT2D eigenvalue weighted by Crippen LogP contribution is 2.24. The Morgan fingerprint density at radius 1 is 1.23 bits per heavy atom. The maximum Gasteiger partial charge on any atom is 0.160 e. The van der Waals surface area contributed by atoms with Gasteiger partial charge < -0.3 is 4.90 Å². The maximum absolute atomic E-state index is 11.6. The first-order chi connectivity index (χ1) is 6.20. The summed E-state index contributed by atoms with van der Waals surface area (Å²) in [6.45, 7) is 0. The molecule has 0 unspecified atom stereocenters. The van der Waals surface area contributed by atoms with Crippen molar-refractivity contribution in [1.82, 2.24) is 4.90 Å². The number of ketones is 1. The lowest BCUT2D eigenvalue weighted by atomic mass is 9.86. The van der Waals surface area contributed by atoms with Crippen molar-refractivity contribution in [2.24, 2.45) is 5.92 Å². The summed E-state index contributed by atoms with van der Waals surface area (Å²) in [5.74, 6) is 0.623. The normalized spacial score (nSPS) is 19.2. The summed E-state index contributed by atoms with van der Waals surface area (Å²) in [5, 5.41) is 0. The van der Waals surface area contributed by atoms with E-state index in [4.69, 9.17) is 0 Å². The summed E-state index contributed by atoms with van der Waals surface area (Å²) in [5.41, 5.74) is 0. The molecule has 0 aliphatic heterocycles. The molecule has 0 spiro atoms. The topological polar surface area (TPSA) is 20.3 Å². The van der Waals surface area contributed by atoms with Gasteiger partial charge in [0, 0.05) is 26.2 Å². The Morgan fingerprint density at radius 3 is 2.38 bits per heavy atom. The summed E-state index contributed by atoms with van der Waals surface area (Å²) < 4.78 is 0. The molecular formula is C11H19NO. The molecule has 0 heterocycles. The second-order valence-corrected chi connectivity index (χ2v) is 4.02. The molecule has 2 nitrogen and oxygen atoms in total. The number of carbonyl (C=O) groups excluding carboxylic acids is 1. The molecule has 0 amide bonds. The van der Waals surface area contributed by atoms with Crippen LogP contribution in [0.25, 0.3) is 0 Å². The fourth-order valence-corrected chi connectivity index (χ4v) is 1.75. The predicted molar refractivity (Wildman–Crippen MR) is 54.4 cm³/mol. The number of allylic oxidation sites excluding steroid dienone is 1. The van der Waals surface area contributed by atoms with Gasteiger partial charge in [-0.3, -0.25) is 4.79 Å². The quantitative estimate of drug-likeness (QED) is 0.622. The molecular weight excluding hydrogens is 162 g/mol. The summed E-state index contributed by atoms with van der Waals surface area (Å²) in [4.78, 5) is 13.5. The molecule has 0 aromatic rings. The van der Waals surface area contributed by atoms with Crippen molar-refractivity contribution in [2.75, 3.05) is 14.1 Å². The van der Waals surface area contributed by atoms with E-state index in [1.165, 1.54) is 19.3 Å². The van der Waals surface area contributed by atoms with Crippen molar-refractivity contribution in [1.29, 1.82) is 0 Å². The zero-order valence-electron chi connectivity index (χ0n) is 8.62. The van der Waals surface area contributed by atoms with Gasteiger partial charge in [-0.2, -0.15) is 0 Å². The number of nitrogens with zero attached hydrogens (tertiary/aromatic N) is 1. The van der Waals surface area contributed by atoms with E-state index in [-0.39, 0.29) is 0 Å². The molecule has 0 atom stereocenters. The fourth-order valence-electron chi connectivity index (χ4n) is 1.75. The molecule has 0 saturated heterocycles. The molecule has 0 bridgehead atoms. The van der Waals surface area contributed by atoms with Crippen LogP contribution in [0.1, 0.15) is 32.1 Å². The zero-order valence-corrected chi connectivity index (χ0v) is 8.62. The Bertz CT molecular complexity index is 190. The van der Waals surface area contributed by atoms with Gasteiger partial charge in [0.2, 0.25) is 0 Å². The number of carbonyl (C=O) groups is 1. The molecule has 1 rings (SSSR count). The van der Waals surface area contributed by atoms with Crippen molar-refractivity contribution in [2.45, 2.75) is 32.1 Å². The van der Waals surface area contributed by atoms with Gasteiger partial charge in [-0.25, -0.2) is 0 Å². The molecule has 0 N–H and O–H groups in total. The summed E-state index contributed by atoms with van der Waals surface area (Å²) in [7, 11) is 3.87. The lowest BCUT2D eigenvalue weighted by Gasteiger charge is -2.18. The summed E-state index contributed by atoms with van der Waals surface area (Å²) in [6.07, 6.45) is 9.51. The highest BCUT2D eigenvalue weighted by atomic mass is 16.1. The Hall–Kier alpha value is -0.790. The van der Waals surface area contributed by atoms with Crippen molar-refractivity contribution < 1.29 is 4.79 Å². The smallest absolute Gasteiger partial charge is 0.160 e. The number of hydrogen-bond acceptors (Lipinski definition) is 2. The van der Waals surface area contributed by atoms with Crippen LogP contribution in [0.4, 0.5) is 0 Å². The molecule has 0 aromatic heterocycles. The van der Waals surface area contributed by atoms with E-state index in [1.54, 1.807) is 6.08 Å². The lowest BCUT2D eigenvalue weighted by molar-refractivity contribution is -0.119. The van der Waals surface area contributed by atoms with E-state index in [2.05, 4.69) is 0 Å². The van der Waals surface area contributed by atoms with E-state index >= 15 is 0 Å². The fraction of sp³-hybridized carbons (Fsp3) is 0.727. The molecule has 1 saturated carbocycles. The predicted octanol–water partition coefficient (Wildman–Crippen LogP) is 2.21. The SMILES string of the molecule is CN(C)C=CC(=O)C1CCCCC1. The minimum Gasteiger partial charge on any atom is -0.383 e. The van der Waals surface area contributed by atoms with Crippen molar-refractivity contribution in [3.8, 4) is 0 Å². The molecule has 74 valence electrons. The maximum atomic E-state index is 11.6. The van der Waals surface area contributed by atoms with Gasteiger partial charge in [0.05, 0.1) is 0 Å². The average Bonchev–Trinajstić information content (AvgIpc) is 2.15. The van der Waals surface area contributed by atoms with Gasteiger partial charge in [0.25, 0.3) is 0 Å². The van der Waals surface area contributed by atoms with E-state index in [1.807, 2.05) is 25.2 Å². The molecule has 2 heteroatoms. The van der Waals surface area contributed by atoms with Crippen molar-refractivity contribution in [3.05, 3.63) is 12.3 Å². The van der Waals surface area contributed by atoms with E-state index in [0.29, 0.717) is 11.7 Å². The van der Waals surface area contributed by atoms with Gasteiger partial charge in [-0.1, -0.05) is 19.3 Å². The van der Waals surface area contributed by atoms with Crippen LogP contribution < -0.4 is 0 Å². The Kier molecular flexibility index (Phi) is 4.00. The van der Waals surface area contributed by atoms with E-state index in [0.717, 1.165) is 12.8 Å². The number of rotatable bonds is 3. The molecule has 0 radical (unpaired) electrons. The van der Waals surface area contributed by atoms with Crippen LogP contribution in [0.15, 0.2) is 12.3 Å². The third-order valence-corrected chi connectivity index (χ3v) is 2.54. The first-order valence-corrected chi connectivity index (χ1v) is 5.08. The largest absolute Gasteiger partial charge is 0.383 e. The van der Waals surface area contributed by atoms with E-state index in [9.17, 15) is 4.79 Å². The minimum absolute atomic E-state index is 0.310. The number of hydrogen-bond donors (Lipinski definition) is 0. The van der Waals surface area contributed by atoms with Gasteiger partial charge in [0.15, 0.2) is 5.78 Å². The van der Waals surface area contributed by atoms with E-state index < -0.39 is 0 Å². The van der Waals surface area contributed by atoms with Crippen LogP contribution in [0.5, 0.6) is 0 Å². The molecule has 13 heavy (non-hydrogen) atoms. The monoisotopic (exact) mass is 181 g/mol. The summed E-state index contributed by atoms with van der Waals surface area (Å²) >= 11 is 0. The highest BCUT2D eigenvalue weighted by molar-refractivity contribution is 5.91. The van der Waals surface area contributed by atoms with Gasteiger partial charge in [-0.15, -0.1) is 0 Å². The van der Waals surface area contributed by atoms with Gasteiger partial charge in [-0.05, 0) is 18.9 Å². The van der Waals surface area contributed by atoms with Crippen LogP contribution in [-0.4, -0.2) is 24.8 Å². The first kappa shape index (κ1) is 10.3. The van der Waals surface area contributed by atoms with Crippen molar-refractivity contribution in [3.63, 3.8) is 0 Å². The Balaban J connectivity index is 2.37. The molecule has 1 aliphatic carbocycles. The highest BCUT2D eigenvalue weighted by Gasteiger charge is 2.18. The standard InChI is InChI=1S/C11H19NO/c1-12(2)9-8-11(13)10-6-4-3-5-7-10/h8-10H,3-7H2,1-2H3. The zero-order chi connectivity index (χ0) is 9.68. The Labute approximate surface area is 80.6 Å². The first-order valence-electron chi connectivity index (χ1n) is 5.08. The van der Waals surface area contributed by atoms with Crippen LogP contribution in [0.2, 0.25) is 0 Å². The van der Waals surface area contributed by atoms with Gasteiger partial charge >= 0.3 is 0 Å². The van der Waals surface area contributed by atoms with Crippen LogP contribution in [-0.2, 0) is 4.79 Å². The third-order valence-electron chi connectivity index (χ3n) is 2.54. The van der Waals surface area contributed by atoms with Crippen molar-refractivity contribution >= 4 is 5.78 Å². The molecule has 0 aromatic carbocycles. The Morgan fingerprint density at radius 2 is 1.85 bits per heavy atom. The lowest BCUT2D eigenvalue weighted by Crippen LogP contribution is -2.16. The third kappa shape index (κ3) is 3.62. The van der Waals surface area contributed by atoms with Gasteiger partial charge in [0.1, 0.15) is 0 Å². The van der Waals surface area contributed by atoms with Crippen LogP contribution in [0.3, 0.4) is 0 Å².